The van der Waals surface area contributed by atoms with Gasteiger partial charge >= 0.3 is 0 Å². The Bertz CT molecular complexity index is 669. The van der Waals surface area contributed by atoms with Crippen LogP contribution >= 0.6 is 0 Å². The van der Waals surface area contributed by atoms with Crippen LogP contribution in [-0.4, -0.2) is 11.2 Å². The molecule has 0 saturated heterocycles. The van der Waals surface area contributed by atoms with Crippen molar-refractivity contribution in [3.8, 4) is 11.8 Å². The van der Waals surface area contributed by atoms with Gasteiger partial charge in [-0.2, -0.15) is 5.26 Å². The van der Waals surface area contributed by atoms with Crippen LogP contribution in [-0.2, 0) is 13.6 Å². The Labute approximate surface area is 117 Å². The fourth-order valence-corrected chi connectivity index (χ4v) is 1.72. The molecule has 0 aliphatic heterocycles. The highest BCUT2D eigenvalue weighted by Crippen LogP contribution is 2.13. The average Bonchev–Trinajstić information content (AvgIpc) is 2.47. The van der Waals surface area contributed by atoms with Crippen LogP contribution in [0, 0.1) is 11.3 Å². The highest BCUT2D eigenvalue weighted by molar-refractivity contribution is 5.41. The van der Waals surface area contributed by atoms with E-state index in [4.69, 9.17) is 10.00 Å². The molecule has 0 unspecified atom stereocenters. The van der Waals surface area contributed by atoms with E-state index in [9.17, 15) is 4.79 Å². The minimum atomic E-state index is -0.0328. The summed E-state index contributed by atoms with van der Waals surface area (Å²) in [6, 6.07) is 12.7. The Morgan fingerprint density at radius 2 is 2.00 bits per heavy atom. The summed E-state index contributed by atoms with van der Waals surface area (Å²) in [6.45, 7) is 0.701. The zero-order chi connectivity index (χ0) is 14.4. The summed E-state index contributed by atoms with van der Waals surface area (Å²) in [5.41, 5.74) is 1.94. The average molecular weight is 269 g/mol. The zero-order valence-corrected chi connectivity index (χ0v) is 11.2. The fourth-order valence-electron chi connectivity index (χ4n) is 1.72. The van der Waals surface area contributed by atoms with Crippen LogP contribution < -0.4 is 15.6 Å². The van der Waals surface area contributed by atoms with Crippen molar-refractivity contribution in [2.75, 3.05) is 11.9 Å². The van der Waals surface area contributed by atoms with Gasteiger partial charge in [0, 0.05) is 25.9 Å². The molecule has 2 rings (SSSR count). The molecule has 0 radical (unpaired) electrons. The molecule has 102 valence electrons. The van der Waals surface area contributed by atoms with Gasteiger partial charge in [0.2, 0.25) is 5.56 Å². The lowest BCUT2D eigenvalue weighted by Crippen LogP contribution is -2.15. The third-order valence-corrected chi connectivity index (χ3v) is 2.81. The summed E-state index contributed by atoms with van der Waals surface area (Å²) < 4.78 is 6.71. The number of hydrogen-bond donors (Lipinski definition) is 1. The van der Waals surface area contributed by atoms with Crippen LogP contribution in [0.4, 0.5) is 5.69 Å². The first kappa shape index (κ1) is 13.7. The van der Waals surface area contributed by atoms with E-state index >= 15 is 0 Å². The topological polar surface area (TPSA) is 67.1 Å². The lowest BCUT2D eigenvalue weighted by Gasteiger charge is -2.08. The van der Waals surface area contributed by atoms with E-state index < -0.39 is 0 Å². The molecule has 0 bridgehead atoms. The SMILES string of the molecule is Cn1cc(NCc2ccc(OCC#N)cc2)ccc1=O. The molecule has 1 aromatic carbocycles. The molecule has 0 aliphatic rings. The van der Waals surface area contributed by atoms with Crippen LogP contribution in [0.15, 0.2) is 47.4 Å². The maximum absolute atomic E-state index is 11.3. The Morgan fingerprint density at radius 1 is 1.25 bits per heavy atom. The number of anilines is 1. The molecule has 0 aliphatic carbocycles. The van der Waals surface area contributed by atoms with Crippen LogP contribution in [0.2, 0.25) is 0 Å². The number of aromatic nitrogens is 1. The van der Waals surface area contributed by atoms with Crippen LogP contribution in [0.3, 0.4) is 0 Å². The lowest BCUT2D eigenvalue weighted by atomic mass is 10.2. The first-order chi connectivity index (χ1) is 9.69. The van der Waals surface area contributed by atoms with Gasteiger partial charge in [0.25, 0.3) is 0 Å². The molecule has 5 heteroatoms. The monoisotopic (exact) mass is 269 g/mol. The van der Waals surface area contributed by atoms with E-state index in [0.29, 0.717) is 12.3 Å². The number of hydrogen-bond acceptors (Lipinski definition) is 4. The van der Waals surface area contributed by atoms with E-state index in [-0.39, 0.29) is 12.2 Å². The van der Waals surface area contributed by atoms with E-state index in [1.165, 1.54) is 10.6 Å². The highest BCUT2D eigenvalue weighted by atomic mass is 16.5. The molecule has 1 aromatic heterocycles. The Kier molecular flexibility index (Phi) is 4.40. The van der Waals surface area contributed by atoms with Crippen molar-refractivity contribution in [1.29, 1.82) is 5.26 Å². The number of benzene rings is 1. The van der Waals surface area contributed by atoms with Crippen molar-refractivity contribution in [1.82, 2.24) is 4.57 Å². The zero-order valence-electron chi connectivity index (χ0n) is 11.2. The molecule has 0 atom stereocenters. The van der Waals surface area contributed by atoms with Gasteiger partial charge in [-0.1, -0.05) is 12.1 Å². The van der Waals surface area contributed by atoms with Crippen molar-refractivity contribution < 1.29 is 4.74 Å². The van der Waals surface area contributed by atoms with E-state index in [0.717, 1.165) is 11.3 Å². The Balaban J connectivity index is 1.95. The first-order valence-corrected chi connectivity index (χ1v) is 6.18. The van der Waals surface area contributed by atoms with Crippen LogP contribution in [0.1, 0.15) is 5.56 Å². The van der Waals surface area contributed by atoms with Gasteiger partial charge in [0.05, 0.1) is 5.69 Å². The summed E-state index contributed by atoms with van der Waals surface area (Å²) in [6.07, 6.45) is 1.76. The normalized spacial score (nSPS) is 9.80. The van der Waals surface area contributed by atoms with E-state index in [1.54, 1.807) is 19.3 Å². The molecule has 1 N–H and O–H groups in total. The smallest absolute Gasteiger partial charge is 0.250 e. The summed E-state index contributed by atoms with van der Waals surface area (Å²) in [5.74, 6) is 0.678. The number of ether oxygens (including phenoxy) is 1. The second kappa shape index (κ2) is 6.43. The van der Waals surface area contributed by atoms with Gasteiger partial charge in [-0.3, -0.25) is 4.79 Å². The van der Waals surface area contributed by atoms with Crippen LogP contribution in [0.5, 0.6) is 5.75 Å². The molecule has 20 heavy (non-hydrogen) atoms. The van der Waals surface area contributed by atoms with Crippen molar-refractivity contribution in [3.05, 3.63) is 58.5 Å². The second-order valence-corrected chi connectivity index (χ2v) is 4.31. The first-order valence-electron chi connectivity index (χ1n) is 6.18. The Hall–Kier alpha value is -2.74. The molecule has 5 nitrogen and oxygen atoms in total. The number of nitriles is 1. The standard InChI is InChI=1S/C15H15N3O2/c1-18-11-13(4-7-15(18)19)17-10-12-2-5-14(6-3-12)20-9-8-16/h2-7,11,17H,9-10H2,1H3. The van der Waals surface area contributed by atoms with Crippen molar-refractivity contribution in [3.63, 3.8) is 0 Å². The number of aryl methyl sites for hydroxylation is 1. The quantitative estimate of drug-likeness (QED) is 0.900. The predicted molar refractivity (Wildman–Crippen MR) is 76.6 cm³/mol. The van der Waals surface area contributed by atoms with Gasteiger partial charge in [-0.15, -0.1) is 0 Å². The second-order valence-electron chi connectivity index (χ2n) is 4.31. The van der Waals surface area contributed by atoms with Crippen molar-refractivity contribution >= 4 is 5.69 Å². The minimum absolute atomic E-state index is 0.0328. The molecule has 0 amide bonds. The third kappa shape index (κ3) is 3.62. The molecular formula is C15H15N3O2. The number of pyridine rings is 1. The summed E-state index contributed by atoms with van der Waals surface area (Å²) in [4.78, 5) is 11.3. The number of nitrogens with one attached hydrogen (secondary N) is 1. The summed E-state index contributed by atoms with van der Waals surface area (Å²) in [7, 11) is 1.72. The number of rotatable bonds is 5. The molecule has 2 aromatic rings. The summed E-state index contributed by atoms with van der Waals surface area (Å²) in [5, 5.41) is 11.7. The fraction of sp³-hybridized carbons (Fsp3) is 0.200. The molecular weight excluding hydrogens is 254 g/mol. The largest absolute Gasteiger partial charge is 0.479 e. The lowest BCUT2D eigenvalue weighted by molar-refractivity contribution is 0.368. The molecule has 1 heterocycles. The maximum Gasteiger partial charge on any atom is 0.250 e. The molecule has 0 spiro atoms. The van der Waals surface area contributed by atoms with Gasteiger partial charge in [-0.05, 0) is 23.8 Å². The number of nitrogens with zero attached hydrogens (tertiary/aromatic N) is 2. The van der Waals surface area contributed by atoms with Crippen LogP contribution in [0.25, 0.3) is 0 Å². The summed E-state index contributed by atoms with van der Waals surface area (Å²) >= 11 is 0. The van der Waals surface area contributed by atoms with Gasteiger partial charge < -0.3 is 14.6 Å². The van der Waals surface area contributed by atoms with Gasteiger partial charge in [-0.25, -0.2) is 0 Å². The maximum atomic E-state index is 11.3. The Morgan fingerprint density at radius 3 is 2.65 bits per heavy atom. The molecule has 0 fully saturated rings. The predicted octanol–water partition coefficient (Wildman–Crippen LogP) is 1.90. The van der Waals surface area contributed by atoms with E-state index in [2.05, 4.69) is 5.32 Å². The van der Waals surface area contributed by atoms with Crippen molar-refractivity contribution in [2.45, 2.75) is 6.54 Å². The van der Waals surface area contributed by atoms with Gasteiger partial charge in [0.15, 0.2) is 6.61 Å². The third-order valence-electron chi connectivity index (χ3n) is 2.81. The van der Waals surface area contributed by atoms with Crippen molar-refractivity contribution in [2.24, 2.45) is 7.05 Å². The minimum Gasteiger partial charge on any atom is -0.479 e. The highest BCUT2D eigenvalue weighted by Gasteiger charge is 1.98. The van der Waals surface area contributed by atoms with E-state index in [1.807, 2.05) is 30.3 Å². The molecule has 0 saturated carbocycles. The van der Waals surface area contributed by atoms with Gasteiger partial charge in [0.1, 0.15) is 11.8 Å².